The van der Waals surface area contributed by atoms with Gasteiger partial charge in [-0.3, -0.25) is 0 Å². The molecule has 0 aromatic heterocycles. The van der Waals surface area contributed by atoms with Crippen molar-refractivity contribution in [2.75, 3.05) is 33.4 Å². The second-order valence-electron chi connectivity index (χ2n) is 4.38. The monoisotopic (exact) mass is 444 g/mol. The van der Waals surface area contributed by atoms with Gasteiger partial charge < -0.3 is 62.9 Å². The van der Waals surface area contributed by atoms with Gasteiger partial charge in [0, 0.05) is 13.7 Å². The Kier molecular flexibility index (Phi) is 23.8. The SMILES string of the molecule is COCCN1CCCCC1.F[B-](F)(F)F.F[B-](F)(F)F.F[B-](F)(F)F.[H-].[K+]. The topological polar surface area (TPSA) is 12.5 Å². The van der Waals surface area contributed by atoms with Gasteiger partial charge >= 0.3 is 73.1 Å². The number of halogens is 12. The molecule has 0 unspecified atom stereocenters. The summed E-state index contributed by atoms with van der Waals surface area (Å²) in [7, 11) is -16.2. The van der Waals surface area contributed by atoms with Crippen LogP contribution in [0.25, 0.3) is 0 Å². The second-order valence-corrected chi connectivity index (χ2v) is 4.38. The van der Waals surface area contributed by atoms with E-state index in [2.05, 4.69) is 4.90 Å². The predicted molar refractivity (Wildman–Crippen MR) is 73.8 cm³/mol. The van der Waals surface area contributed by atoms with Crippen molar-refractivity contribution in [1.82, 2.24) is 4.90 Å². The molecule has 1 heterocycles. The van der Waals surface area contributed by atoms with Crippen LogP contribution in [0.5, 0.6) is 0 Å². The first-order chi connectivity index (χ1) is 10.9. The zero-order valence-corrected chi connectivity index (χ0v) is 17.2. The van der Waals surface area contributed by atoms with Crippen molar-refractivity contribution in [2.45, 2.75) is 19.3 Å². The molecule has 1 rings (SSSR count). The van der Waals surface area contributed by atoms with Gasteiger partial charge in [0.25, 0.3) is 0 Å². The van der Waals surface area contributed by atoms with Gasteiger partial charge in [-0.05, 0) is 25.9 Å². The number of hydrogen-bond acceptors (Lipinski definition) is 2. The molecule has 158 valence electrons. The van der Waals surface area contributed by atoms with Crippen LogP contribution in [0.3, 0.4) is 0 Å². The molecule has 1 aliphatic heterocycles. The van der Waals surface area contributed by atoms with E-state index in [4.69, 9.17) is 4.74 Å². The second kappa shape index (κ2) is 18.0. The van der Waals surface area contributed by atoms with E-state index in [1.165, 1.54) is 32.4 Å². The Bertz CT molecular complexity index is 257. The number of nitrogens with zero attached hydrogens (tertiary/aromatic N) is 1. The Hall–Kier alpha value is 0.911. The summed E-state index contributed by atoms with van der Waals surface area (Å²) >= 11 is 0. The molecule has 2 nitrogen and oxygen atoms in total. The maximum Gasteiger partial charge on any atom is 1.00 e. The van der Waals surface area contributed by atoms with E-state index in [-0.39, 0.29) is 52.8 Å². The fourth-order valence-corrected chi connectivity index (χ4v) is 1.40. The van der Waals surface area contributed by atoms with E-state index in [0.29, 0.717) is 0 Å². The summed E-state index contributed by atoms with van der Waals surface area (Å²) in [4.78, 5) is 2.48. The van der Waals surface area contributed by atoms with Gasteiger partial charge in [0.05, 0.1) is 6.61 Å². The zero-order chi connectivity index (χ0) is 20.7. The molecule has 0 amide bonds. The van der Waals surface area contributed by atoms with E-state index in [9.17, 15) is 51.8 Å². The normalized spacial score (nSPS) is 15.1. The van der Waals surface area contributed by atoms with Gasteiger partial charge in [0.2, 0.25) is 0 Å². The van der Waals surface area contributed by atoms with E-state index >= 15 is 0 Å². The van der Waals surface area contributed by atoms with Gasteiger partial charge in [-0.25, -0.2) is 0 Å². The van der Waals surface area contributed by atoms with Gasteiger partial charge in [-0.2, -0.15) is 0 Å². The van der Waals surface area contributed by atoms with Crippen molar-refractivity contribution in [3.05, 3.63) is 0 Å². The third-order valence-corrected chi connectivity index (χ3v) is 2.06. The first kappa shape index (κ1) is 34.4. The third kappa shape index (κ3) is 85.4. The predicted octanol–water partition coefficient (Wildman–Crippen LogP) is 2.14. The first-order valence-corrected chi connectivity index (χ1v) is 6.76. The van der Waals surface area contributed by atoms with Crippen LogP contribution >= 0.6 is 0 Å². The first-order valence-electron chi connectivity index (χ1n) is 6.76. The molecule has 26 heavy (non-hydrogen) atoms. The average Bonchev–Trinajstić information content (AvgIpc) is 2.31. The largest absolute Gasteiger partial charge is 1.00 e. The van der Waals surface area contributed by atoms with Crippen molar-refractivity contribution in [1.29, 1.82) is 0 Å². The van der Waals surface area contributed by atoms with Gasteiger partial charge in [-0.1, -0.05) is 6.42 Å². The summed E-state index contributed by atoms with van der Waals surface area (Å²) in [6.45, 7) is 4.57. The maximum absolute atomic E-state index is 9.75. The Balaban J connectivity index is -0.0000000831. The van der Waals surface area contributed by atoms with Crippen LogP contribution in [0.4, 0.5) is 51.8 Å². The van der Waals surface area contributed by atoms with Gasteiger partial charge in [0.1, 0.15) is 0 Å². The van der Waals surface area contributed by atoms with Crippen LogP contribution in [0, 0.1) is 0 Å². The molecule has 0 spiro atoms. The third-order valence-electron chi connectivity index (χ3n) is 2.06. The summed E-state index contributed by atoms with van der Waals surface area (Å²) in [5, 5.41) is 0. The number of piperidine rings is 1. The number of methoxy groups -OCH3 is 1. The smallest absolute Gasteiger partial charge is 1.00 e. The van der Waals surface area contributed by atoms with Crippen molar-refractivity contribution < 1.29 is 109 Å². The summed E-state index contributed by atoms with van der Waals surface area (Å²) in [5.41, 5.74) is 0. The fourth-order valence-electron chi connectivity index (χ4n) is 1.40. The Morgan fingerprint density at radius 3 is 1.19 bits per heavy atom. The standard InChI is InChI=1S/C8H17NO.3BF4.K.H/c1-10-8-7-9-5-3-2-4-6-9;3*2-1(3,4)5;;/h2-8H2,1H3;;;;;/q;3*-1;+1;-1. The van der Waals surface area contributed by atoms with Crippen molar-refractivity contribution >= 4 is 21.8 Å². The van der Waals surface area contributed by atoms with Crippen LogP contribution in [0.1, 0.15) is 20.7 Å². The van der Waals surface area contributed by atoms with Crippen LogP contribution in [0.2, 0.25) is 0 Å². The van der Waals surface area contributed by atoms with E-state index in [0.717, 1.165) is 13.2 Å². The molecule has 0 aromatic rings. The summed E-state index contributed by atoms with van der Waals surface area (Å²) in [5.74, 6) is 0. The minimum Gasteiger partial charge on any atom is -1.00 e. The molecule has 0 atom stereocenters. The Morgan fingerprint density at radius 2 is 0.962 bits per heavy atom. The van der Waals surface area contributed by atoms with Crippen molar-refractivity contribution in [2.24, 2.45) is 0 Å². The summed E-state index contributed by atoms with van der Waals surface area (Å²) in [6, 6.07) is 0. The Labute approximate surface area is 187 Å². The quantitative estimate of drug-likeness (QED) is 0.489. The molecule has 1 fully saturated rings. The van der Waals surface area contributed by atoms with Crippen LogP contribution in [0.15, 0.2) is 0 Å². The number of likely N-dealkylation sites (tertiary alicyclic amines) is 1. The molecule has 1 aliphatic rings. The molecule has 0 aliphatic carbocycles. The molecule has 18 heteroatoms. The van der Waals surface area contributed by atoms with Crippen molar-refractivity contribution in [3.8, 4) is 0 Å². The number of ether oxygens (including phenoxy) is 1. The molecule has 0 bridgehead atoms. The van der Waals surface area contributed by atoms with Crippen LogP contribution in [-0.2, 0) is 4.74 Å². The average molecular weight is 444 g/mol. The minimum absolute atomic E-state index is 0. The number of hydrogen-bond donors (Lipinski definition) is 0. The van der Waals surface area contributed by atoms with Gasteiger partial charge in [-0.15, -0.1) is 0 Å². The van der Waals surface area contributed by atoms with Crippen molar-refractivity contribution in [3.63, 3.8) is 0 Å². The fraction of sp³-hybridized carbons (Fsp3) is 1.00. The summed E-state index contributed by atoms with van der Waals surface area (Å²) in [6.07, 6.45) is 4.18. The summed E-state index contributed by atoms with van der Waals surface area (Å²) < 4.78 is 122. The Morgan fingerprint density at radius 1 is 0.692 bits per heavy atom. The zero-order valence-electron chi connectivity index (χ0n) is 15.1. The van der Waals surface area contributed by atoms with E-state index < -0.39 is 21.8 Å². The molecule has 1 saturated heterocycles. The maximum atomic E-state index is 9.75. The van der Waals surface area contributed by atoms with Crippen LogP contribution < -0.4 is 51.4 Å². The van der Waals surface area contributed by atoms with Gasteiger partial charge in [0.15, 0.2) is 0 Å². The molecular weight excluding hydrogens is 426 g/mol. The van der Waals surface area contributed by atoms with Crippen LogP contribution in [-0.4, -0.2) is 60.0 Å². The minimum atomic E-state index is -6.00. The molecule has 0 N–H and O–H groups in total. The molecular formula is C8H18B3F12KNO-3. The van der Waals surface area contributed by atoms with E-state index in [1.807, 2.05) is 0 Å². The molecule has 0 saturated carbocycles. The number of rotatable bonds is 3. The van der Waals surface area contributed by atoms with E-state index in [1.54, 1.807) is 7.11 Å². The molecule has 0 aromatic carbocycles. The molecule has 0 radical (unpaired) electrons.